The van der Waals surface area contributed by atoms with E-state index >= 15 is 0 Å². The van der Waals surface area contributed by atoms with Crippen molar-refractivity contribution in [2.24, 2.45) is 0 Å². The number of aliphatic carboxylic acids is 1. The van der Waals surface area contributed by atoms with Crippen LogP contribution in [0, 0.1) is 0 Å². The van der Waals surface area contributed by atoms with E-state index in [1.807, 2.05) is 0 Å². The first-order valence-corrected chi connectivity index (χ1v) is 8.04. The summed E-state index contributed by atoms with van der Waals surface area (Å²) in [5, 5.41) is 18.6. The average Bonchev–Trinajstić information content (AvgIpc) is 3.24. The van der Waals surface area contributed by atoms with Crippen molar-refractivity contribution in [2.75, 3.05) is 23.3 Å². The minimum atomic E-state index is -1.22. The van der Waals surface area contributed by atoms with Gasteiger partial charge >= 0.3 is 12.0 Å². The molecule has 3 N–H and O–H groups in total. The molecular formula is C17H19N5O4. The summed E-state index contributed by atoms with van der Waals surface area (Å²) in [6, 6.07) is 6.51. The summed E-state index contributed by atoms with van der Waals surface area (Å²) in [5.41, 5.74) is 0.305. The number of carbonyl (C=O) groups excluding carboxylic acids is 2. The van der Waals surface area contributed by atoms with Crippen molar-refractivity contribution in [1.29, 1.82) is 0 Å². The summed E-state index contributed by atoms with van der Waals surface area (Å²) in [7, 11) is 0. The molecule has 2 heterocycles. The number of carboxylic acids is 1. The molecule has 1 aliphatic heterocycles. The molecule has 0 radical (unpaired) electrons. The lowest BCUT2D eigenvalue weighted by Crippen LogP contribution is -2.35. The fraction of sp³-hybridized carbons (Fsp3) is 0.294. The van der Waals surface area contributed by atoms with E-state index in [9.17, 15) is 19.5 Å². The number of anilines is 2. The average molecular weight is 357 g/mol. The molecule has 2 aromatic rings. The molecule has 0 spiro atoms. The molecule has 0 aliphatic carbocycles. The molecule has 0 unspecified atom stereocenters. The van der Waals surface area contributed by atoms with E-state index in [4.69, 9.17) is 0 Å². The number of amides is 3. The van der Waals surface area contributed by atoms with Gasteiger partial charge in [-0.2, -0.15) is 5.10 Å². The Hall–Kier alpha value is -3.36. The van der Waals surface area contributed by atoms with Crippen molar-refractivity contribution in [2.45, 2.75) is 19.4 Å². The van der Waals surface area contributed by atoms with Gasteiger partial charge in [0.1, 0.15) is 0 Å². The van der Waals surface area contributed by atoms with E-state index in [0.717, 1.165) is 0 Å². The number of hydrogen-bond acceptors (Lipinski definition) is 4. The van der Waals surface area contributed by atoms with Crippen LogP contribution in [0.3, 0.4) is 0 Å². The number of carbonyl (C=O) groups is 3. The van der Waals surface area contributed by atoms with Crippen LogP contribution in [0.1, 0.15) is 24.2 Å². The van der Waals surface area contributed by atoms with E-state index in [1.165, 1.54) is 30.9 Å². The normalized spacial score (nSPS) is 14.2. The van der Waals surface area contributed by atoms with E-state index in [-0.39, 0.29) is 11.9 Å². The summed E-state index contributed by atoms with van der Waals surface area (Å²) < 4.78 is 1.28. The molecule has 1 aromatic heterocycles. The summed E-state index contributed by atoms with van der Waals surface area (Å²) in [5.74, 6) is -1.38. The van der Waals surface area contributed by atoms with Crippen molar-refractivity contribution < 1.29 is 19.5 Å². The molecule has 1 aliphatic rings. The highest BCUT2D eigenvalue weighted by atomic mass is 16.4. The second-order valence-corrected chi connectivity index (χ2v) is 6.42. The Labute approximate surface area is 149 Å². The number of nitrogens with zero attached hydrogens (tertiary/aromatic N) is 3. The summed E-state index contributed by atoms with van der Waals surface area (Å²) >= 11 is 0. The highest BCUT2D eigenvalue weighted by Crippen LogP contribution is 2.20. The zero-order chi connectivity index (χ0) is 18.9. The van der Waals surface area contributed by atoms with Gasteiger partial charge in [-0.15, -0.1) is 0 Å². The van der Waals surface area contributed by atoms with Crippen molar-refractivity contribution in [3.8, 4) is 0 Å². The van der Waals surface area contributed by atoms with E-state index in [1.54, 1.807) is 29.2 Å². The molecule has 136 valence electrons. The molecule has 1 fully saturated rings. The third-order valence-corrected chi connectivity index (χ3v) is 4.23. The first-order valence-electron chi connectivity index (χ1n) is 8.04. The minimum absolute atomic E-state index is 0.157. The van der Waals surface area contributed by atoms with Gasteiger partial charge in [0.05, 0.1) is 11.9 Å². The molecule has 0 bridgehead atoms. The standard InChI is InChI=1S/C17H19N5O4/c1-17(2,15(24)25)22-10-12(9-19-22)20-14(23)11-3-5-13(6-4-11)21-8-7-18-16(21)26/h3-6,9-10H,7-8H2,1-2H3,(H,18,26)(H,20,23)(H,24,25). The van der Waals surface area contributed by atoms with Gasteiger partial charge in [-0.3, -0.25) is 14.4 Å². The van der Waals surface area contributed by atoms with Gasteiger partial charge in [0.25, 0.3) is 5.91 Å². The molecule has 0 saturated carbocycles. The lowest BCUT2D eigenvalue weighted by molar-refractivity contribution is -0.146. The lowest BCUT2D eigenvalue weighted by atomic mass is 10.1. The monoisotopic (exact) mass is 357 g/mol. The topological polar surface area (TPSA) is 117 Å². The molecule has 9 heteroatoms. The zero-order valence-corrected chi connectivity index (χ0v) is 14.4. The molecule has 1 saturated heterocycles. The van der Waals surface area contributed by atoms with Gasteiger partial charge in [0, 0.05) is 30.5 Å². The smallest absolute Gasteiger partial charge is 0.331 e. The van der Waals surface area contributed by atoms with E-state index < -0.39 is 11.5 Å². The summed E-state index contributed by atoms with van der Waals surface area (Å²) in [6.07, 6.45) is 2.86. The summed E-state index contributed by atoms with van der Waals surface area (Å²) in [4.78, 5) is 36.9. The molecule has 26 heavy (non-hydrogen) atoms. The quantitative estimate of drug-likeness (QED) is 0.749. The number of hydrogen-bond donors (Lipinski definition) is 3. The summed E-state index contributed by atoms with van der Waals surface area (Å²) in [6.45, 7) is 4.21. The Morgan fingerprint density at radius 1 is 1.27 bits per heavy atom. The number of rotatable bonds is 5. The van der Waals surface area contributed by atoms with Crippen LogP contribution in [0.25, 0.3) is 0 Å². The third-order valence-electron chi connectivity index (χ3n) is 4.23. The Morgan fingerprint density at radius 3 is 2.54 bits per heavy atom. The van der Waals surface area contributed by atoms with Crippen LogP contribution < -0.4 is 15.5 Å². The van der Waals surface area contributed by atoms with Crippen LogP contribution in [-0.2, 0) is 10.3 Å². The van der Waals surface area contributed by atoms with Gasteiger partial charge in [-0.1, -0.05) is 0 Å². The van der Waals surface area contributed by atoms with E-state index in [0.29, 0.717) is 30.0 Å². The first kappa shape index (κ1) is 17.5. The second kappa shape index (κ2) is 6.51. The second-order valence-electron chi connectivity index (χ2n) is 6.42. The molecule has 1 aromatic carbocycles. The van der Waals surface area contributed by atoms with Crippen LogP contribution in [0.4, 0.5) is 16.2 Å². The maximum absolute atomic E-state index is 12.3. The van der Waals surface area contributed by atoms with Gasteiger partial charge < -0.3 is 15.7 Å². The number of benzene rings is 1. The van der Waals surface area contributed by atoms with Crippen LogP contribution in [0.15, 0.2) is 36.7 Å². The molecule has 3 rings (SSSR count). The Balaban J connectivity index is 1.70. The third kappa shape index (κ3) is 3.23. The highest BCUT2D eigenvalue weighted by molar-refractivity contribution is 6.04. The van der Waals surface area contributed by atoms with Gasteiger partial charge in [-0.25, -0.2) is 9.59 Å². The maximum Gasteiger partial charge on any atom is 0.331 e. The Morgan fingerprint density at radius 2 is 1.96 bits per heavy atom. The number of urea groups is 1. The van der Waals surface area contributed by atoms with Crippen LogP contribution >= 0.6 is 0 Å². The van der Waals surface area contributed by atoms with Gasteiger partial charge in [0.2, 0.25) is 0 Å². The largest absolute Gasteiger partial charge is 0.479 e. The van der Waals surface area contributed by atoms with Crippen LogP contribution in [0.5, 0.6) is 0 Å². The fourth-order valence-corrected chi connectivity index (χ4v) is 2.51. The van der Waals surface area contributed by atoms with Crippen molar-refractivity contribution in [3.05, 3.63) is 42.2 Å². The Bertz CT molecular complexity index is 856. The van der Waals surface area contributed by atoms with Crippen molar-refractivity contribution in [1.82, 2.24) is 15.1 Å². The van der Waals surface area contributed by atoms with E-state index in [2.05, 4.69) is 15.7 Å². The predicted molar refractivity (Wildman–Crippen MR) is 94.3 cm³/mol. The number of nitrogens with one attached hydrogen (secondary N) is 2. The molecular weight excluding hydrogens is 338 g/mol. The minimum Gasteiger partial charge on any atom is -0.479 e. The SMILES string of the molecule is CC(C)(C(=O)O)n1cc(NC(=O)c2ccc(N3CCNC3=O)cc2)cn1. The van der Waals surface area contributed by atoms with Crippen LogP contribution in [-0.4, -0.2) is 45.9 Å². The molecule has 3 amide bonds. The zero-order valence-electron chi connectivity index (χ0n) is 14.4. The maximum atomic E-state index is 12.3. The van der Waals surface area contributed by atoms with Crippen LogP contribution in [0.2, 0.25) is 0 Å². The molecule has 0 atom stereocenters. The fourth-order valence-electron chi connectivity index (χ4n) is 2.51. The number of aromatic nitrogens is 2. The van der Waals surface area contributed by atoms with Gasteiger partial charge in [0.15, 0.2) is 5.54 Å². The predicted octanol–water partition coefficient (Wildman–Crippen LogP) is 1.48. The lowest BCUT2D eigenvalue weighted by Gasteiger charge is -2.19. The molecule has 9 nitrogen and oxygen atoms in total. The van der Waals surface area contributed by atoms with Gasteiger partial charge in [-0.05, 0) is 38.1 Å². The number of carboxylic acid groups (broad SMARTS) is 1. The van der Waals surface area contributed by atoms with Crippen molar-refractivity contribution in [3.63, 3.8) is 0 Å². The van der Waals surface area contributed by atoms with Crippen molar-refractivity contribution >= 4 is 29.3 Å². The first-order chi connectivity index (χ1) is 12.3. The Kier molecular flexibility index (Phi) is 4.37. The highest BCUT2D eigenvalue weighted by Gasteiger charge is 2.30.